The van der Waals surface area contributed by atoms with E-state index in [-0.39, 0.29) is 23.3 Å². The molecule has 0 unspecified atom stereocenters. The van der Waals surface area contributed by atoms with E-state index in [0.717, 1.165) is 6.42 Å². The summed E-state index contributed by atoms with van der Waals surface area (Å²) in [5.41, 5.74) is 0.165. The quantitative estimate of drug-likeness (QED) is 0.594. The fourth-order valence-corrected chi connectivity index (χ4v) is 3.65. The van der Waals surface area contributed by atoms with Crippen molar-refractivity contribution in [2.75, 3.05) is 14.2 Å². The number of carboxylic acid groups (broad SMARTS) is 1. The summed E-state index contributed by atoms with van der Waals surface area (Å²) in [7, 11) is -1.53. The third-order valence-corrected chi connectivity index (χ3v) is 5.13. The van der Waals surface area contributed by atoms with E-state index >= 15 is 0 Å². The number of benzene rings is 1. The van der Waals surface area contributed by atoms with Crippen molar-refractivity contribution in [3.8, 4) is 5.75 Å². The van der Waals surface area contributed by atoms with Gasteiger partial charge in [-0.3, -0.25) is 9.59 Å². The molecule has 1 atom stereocenters. The molecule has 8 nitrogen and oxygen atoms in total. The summed E-state index contributed by atoms with van der Waals surface area (Å²) in [6.45, 7) is 1.88. The van der Waals surface area contributed by atoms with Crippen molar-refractivity contribution in [3.05, 3.63) is 23.8 Å². The number of ether oxygens (including phenoxy) is 2. The van der Waals surface area contributed by atoms with E-state index in [1.54, 1.807) is 0 Å². The van der Waals surface area contributed by atoms with Gasteiger partial charge in [-0.1, -0.05) is 19.8 Å². The summed E-state index contributed by atoms with van der Waals surface area (Å²) >= 11 is 0. The highest BCUT2D eigenvalue weighted by atomic mass is 32.2. The van der Waals surface area contributed by atoms with Gasteiger partial charge in [-0.25, -0.2) is 8.42 Å². The van der Waals surface area contributed by atoms with Crippen molar-refractivity contribution < 1.29 is 32.6 Å². The number of sulfonamides is 1. The molecule has 0 saturated carbocycles. The Morgan fingerprint density at radius 1 is 1.28 bits per heavy atom. The molecule has 0 aliphatic carbocycles. The number of esters is 1. The zero-order valence-corrected chi connectivity index (χ0v) is 15.3. The molecule has 25 heavy (non-hydrogen) atoms. The van der Waals surface area contributed by atoms with Gasteiger partial charge < -0.3 is 14.6 Å². The first-order chi connectivity index (χ1) is 11.7. The van der Waals surface area contributed by atoms with Crippen molar-refractivity contribution in [2.24, 2.45) is 0 Å². The van der Waals surface area contributed by atoms with Crippen LogP contribution in [0.15, 0.2) is 23.1 Å². The smallest absolute Gasteiger partial charge is 0.321 e. The molecule has 0 aliphatic rings. The van der Waals surface area contributed by atoms with Crippen LogP contribution in [0.4, 0.5) is 0 Å². The Balaban J connectivity index is 3.21. The third-order valence-electron chi connectivity index (χ3n) is 3.56. The number of hydrogen-bond donors (Lipinski definition) is 2. The number of methoxy groups -OCH3 is 2. The first-order valence-electron chi connectivity index (χ1n) is 7.74. The van der Waals surface area contributed by atoms with Crippen LogP contribution in [-0.2, 0) is 30.8 Å². The average Bonchev–Trinajstić information content (AvgIpc) is 2.57. The predicted octanol–water partition coefficient (Wildman–Crippen LogP) is 1.33. The molecule has 0 bridgehead atoms. The lowest BCUT2D eigenvalue weighted by atomic mass is 10.1. The number of unbranched alkanes of at least 4 members (excludes halogenated alkanes) is 1. The molecule has 0 aromatic heterocycles. The third kappa shape index (κ3) is 6.02. The number of carbonyl (C=O) groups is 2. The zero-order valence-electron chi connectivity index (χ0n) is 14.4. The van der Waals surface area contributed by atoms with Gasteiger partial charge in [0.1, 0.15) is 11.8 Å². The molecule has 0 radical (unpaired) electrons. The van der Waals surface area contributed by atoms with E-state index in [2.05, 4.69) is 9.46 Å². The van der Waals surface area contributed by atoms with E-state index in [0.29, 0.717) is 12.2 Å². The fourth-order valence-electron chi connectivity index (χ4n) is 2.20. The molecule has 0 aliphatic heterocycles. The van der Waals surface area contributed by atoms with E-state index in [4.69, 9.17) is 4.74 Å². The Morgan fingerprint density at radius 3 is 2.48 bits per heavy atom. The van der Waals surface area contributed by atoms with Crippen molar-refractivity contribution in [1.82, 2.24) is 4.72 Å². The second-order valence-electron chi connectivity index (χ2n) is 5.38. The molecule has 140 valence electrons. The topological polar surface area (TPSA) is 119 Å². The molecule has 1 aromatic rings. The largest absolute Gasteiger partial charge is 0.497 e. The normalized spacial score (nSPS) is 12.4. The Labute approximate surface area is 147 Å². The highest BCUT2D eigenvalue weighted by Gasteiger charge is 2.27. The lowest BCUT2D eigenvalue weighted by Crippen LogP contribution is -2.41. The second-order valence-corrected chi connectivity index (χ2v) is 7.06. The van der Waals surface area contributed by atoms with Crippen LogP contribution >= 0.6 is 0 Å². The Kier molecular flexibility index (Phi) is 7.85. The van der Waals surface area contributed by atoms with Gasteiger partial charge in [0.15, 0.2) is 0 Å². The maximum absolute atomic E-state index is 12.6. The molecular weight excluding hydrogens is 350 g/mol. The van der Waals surface area contributed by atoms with Crippen LogP contribution in [0.25, 0.3) is 0 Å². The first kappa shape index (κ1) is 20.9. The summed E-state index contributed by atoms with van der Waals surface area (Å²) < 4.78 is 37.1. The molecule has 1 rings (SSSR count). The van der Waals surface area contributed by atoms with E-state index < -0.39 is 28.0 Å². The van der Waals surface area contributed by atoms with Crippen molar-refractivity contribution in [3.63, 3.8) is 0 Å². The molecule has 0 amide bonds. The van der Waals surface area contributed by atoms with Crippen LogP contribution in [0.2, 0.25) is 0 Å². The lowest BCUT2D eigenvalue weighted by molar-refractivity contribution is -0.140. The Hall–Kier alpha value is -2.13. The number of hydrogen-bond acceptors (Lipinski definition) is 6. The molecule has 0 saturated heterocycles. The van der Waals surface area contributed by atoms with Gasteiger partial charge in [0, 0.05) is 0 Å². The van der Waals surface area contributed by atoms with Crippen LogP contribution in [0.1, 0.15) is 31.7 Å². The SMILES string of the molecule is CCCC[C@H](NS(=O)(=O)c1ccc(OC)cc1CC(=O)OC)C(=O)O. The minimum Gasteiger partial charge on any atom is -0.497 e. The second kappa shape index (κ2) is 9.38. The number of carbonyl (C=O) groups excluding carboxylic acids is 1. The fraction of sp³-hybridized carbons (Fsp3) is 0.500. The van der Waals surface area contributed by atoms with Crippen molar-refractivity contribution >= 4 is 22.0 Å². The highest BCUT2D eigenvalue weighted by Crippen LogP contribution is 2.23. The minimum absolute atomic E-state index is 0.165. The van der Waals surface area contributed by atoms with Crippen molar-refractivity contribution in [1.29, 1.82) is 0 Å². The molecule has 0 fully saturated rings. The van der Waals surface area contributed by atoms with Crippen LogP contribution in [0.3, 0.4) is 0 Å². The van der Waals surface area contributed by atoms with Gasteiger partial charge in [-0.2, -0.15) is 4.72 Å². The molecule has 9 heteroatoms. The van der Waals surface area contributed by atoms with Gasteiger partial charge in [-0.15, -0.1) is 0 Å². The molecule has 1 aromatic carbocycles. The molecule has 0 heterocycles. The van der Waals surface area contributed by atoms with E-state index in [1.165, 1.54) is 32.4 Å². The monoisotopic (exact) mass is 373 g/mol. The van der Waals surface area contributed by atoms with Gasteiger partial charge in [0.05, 0.1) is 25.5 Å². The minimum atomic E-state index is -4.14. The van der Waals surface area contributed by atoms with E-state index in [9.17, 15) is 23.1 Å². The van der Waals surface area contributed by atoms with Gasteiger partial charge in [-0.05, 0) is 30.2 Å². The number of nitrogens with one attached hydrogen (secondary N) is 1. The zero-order chi connectivity index (χ0) is 19.0. The van der Waals surface area contributed by atoms with Crippen LogP contribution in [-0.4, -0.2) is 45.7 Å². The van der Waals surface area contributed by atoms with Crippen LogP contribution < -0.4 is 9.46 Å². The summed E-state index contributed by atoms with van der Waals surface area (Å²) in [6.07, 6.45) is 1.20. The molecular formula is C16H23NO7S. The predicted molar refractivity (Wildman–Crippen MR) is 90.0 cm³/mol. The molecule has 2 N–H and O–H groups in total. The van der Waals surface area contributed by atoms with Gasteiger partial charge in [0.25, 0.3) is 0 Å². The average molecular weight is 373 g/mol. The Morgan fingerprint density at radius 2 is 1.96 bits per heavy atom. The van der Waals surface area contributed by atoms with Crippen molar-refractivity contribution in [2.45, 2.75) is 43.5 Å². The number of carboxylic acids is 1. The Bertz CT molecular complexity index is 715. The lowest BCUT2D eigenvalue weighted by Gasteiger charge is -2.17. The summed E-state index contributed by atoms with van der Waals surface area (Å²) in [5, 5.41) is 9.22. The summed E-state index contributed by atoms with van der Waals surface area (Å²) in [4.78, 5) is 22.7. The summed E-state index contributed by atoms with van der Waals surface area (Å²) in [6, 6.07) is 2.88. The first-order valence-corrected chi connectivity index (χ1v) is 9.22. The van der Waals surface area contributed by atoms with Gasteiger partial charge >= 0.3 is 11.9 Å². The van der Waals surface area contributed by atoms with Gasteiger partial charge in [0.2, 0.25) is 10.0 Å². The maximum Gasteiger partial charge on any atom is 0.321 e. The van der Waals surface area contributed by atoms with E-state index in [1.807, 2.05) is 6.92 Å². The highest BCUT2D eigenvalue weighted by molar-refractivity contribution is 7.89. The molecule has 0 spiro atoms. The number of rotatable bonds is 10. The maximum atomic E-state index is 12.6. The van der Waals surface area contributed by atoms with Crippen LogP contribution in [0, 0.1) is 0 Å². The summed E-state index contributed by atoms with van der Waals surface area (Å²) in [5.74, 6) is -1.50. The van der Waals surface area contributed by atoms with Crippen LogP contribution in [0.5, 0.6) is 5.75 Å². The number of aliphatic carboxylic acids is 1. The standard InChI is InChI=1S/C16H23NO7S/c1-4-5-6-13(16(19)20)17-25(21,22)14-8-7-12(23-2)9-11(14)10-15(18)24-3/h7-9,13,17H,4-6,10H2,1-3H3,(H,19,20)/t13-/m0/s1.